The van der Waals surface area contributed by atoms with E-state index in [1.807, 2.05) is 0 Å². The predicted octanol–water partition coefficient (Wildman–Crippen LogP) is 4.18. The summed E-state index contributed by atoms with van der Waals surface area (Å²) in [5, 5.41) is 7.55. The van der Waals surface area contributed by atoms with Gasteiger partial charge < -0.3 is 10.1 Å². The zero-order chi connectivity index (χ0) is 17.6. The van der Waals surface area contributed by atoms with Gasteiger partial charge in [-0.1, -0.05) is 23.3 Å². The Kier molecular flexibility index (Phi) is 5.50. The van der Waals surface area contributed by atoms with Gasteiger partial charge in [-0.15, -0.1) is 24.8 Å². The van der Waals surface area contributed by atoms with Crippen molar-refractivity contribution in [3.05, 3.63) is 23.3 Å². The highest BCUT2D eigenvalue weighted by molar-refractivity contribution is 5.85. The molecule has 2 aliphatic heterocycles. The van der Waals surface area contributed by atoms with Gasteiger partial charge in [0.1, 0.15) is 5.72 Å². The van der Waals surface area contributed by atoms with E-state index in [1.54, 1.807) is 6.42 Å². The van der Waals surface area contributed by atoms with Crippen LogP contribution in [-0.2, 0) is 4.74 Å². The Morgan fingerprint density at radius 2 is 1.79 bits per heavy atom. The lowest BCUT2D eigenvalue weighted by Gasteiger charge is -2.46. The molecule has 5 saturated carbocycles. The molecular formula is C23H36Cl2N2O. The van der Waals surface area contributed by atoms with Crippen molar-refractivity contribution >= 4 is 24.8 Å². The molecule has 5 aliphatic carbocycles. The van der Waals surface area contributed by atoms with Gasteiger partial charge in [-0.05, 0) is 75.5 Å². The third-order valence-electron chi connectivity index (χ3n) is 9.09. The Morgan fingerprint density at radius 1 is 0.964 bits per heavy atom. The Bertz CT molecular complexity index is 680. The number of rotatable bonds is 9. The minimum Gasteiger partial charge on any atom is -0.356 e. The molecule has 7 aliphatic rings. The van der Waals surface area contributed by atoms with E-state index >= 15 is 0 Å². The fourth-order valence-corrected chi connectivity index (χ4v) is 8.68. The lowest BCUT2D eigenvalue weighted by Crippen LogP contribution is -2.57. The molecule has 0 amide bonds. The first-order valence-corrected chi connectivity index (χ1v) is 11.1. The summed E-state index contributed by atoms with van der Waals surface area (Å²) in [5.41, 5.74) is 3.03. The van der Waals surface area contributed by atoms with Gasteiger partial charge in [0.25, 0.3) is 0 Å². The lowest BCUT2D eigenvalue weighted by atomic mass is 9.59. The van der Waals surface area contributed by atoms with Crippen LogP contribution in [0.4, 0.5) is 0 Å². The molecule has 2 N–H and O–H groups in total. The third kappa shape index (κ3) is 2.46. The fraction of sp³-hybridized carbons (Fsp3) is 0.826. The van der Waals surface area contributed by atoms with E-state index in [-0.39, 0.29) is 30.5 Å². The van der Waals surface area contributed by atoms with Crippen LogP contribution in [0.25, 0.3) is 0 Å². The summed E-state index contributed by atoms with van der Waals surface area (Å²) in [6, 6.07) is 0. The maximum absolute atomic E-state index is 6.71. The standard InChI is InChI=1S/C23H34N2O.2ClH/c1-12(2)5-4-6-13(3)7-8-24-9-10-25-23-20-15-11-14-16-17(15)21(23)19(16)22(26-23)18(14)20;;/h5,7,14-22,24-25H,4,6,8-11H2,1-3H3;2*1H/b13-7+;;/t14?,15?,16?,17?,18?,19?,20?,21?,22-,23+;;/m0../s1. The van der Waals surface area contributed by atoms with Gasteiger partial charge in [0.2, 0.25) is 0 Å². The summed E-state index contributed by atoms with van der Waals surface area (Å²) < 4.78 is 6.71. The topological polar surface area (TPSA) is 33.3 Å². The van der Waals surface area contributed by atoms with E-state index < -0.39 is 0 Å². The van der Waals surface area contributed by atoms with Crippen LogP contribution in [0.2, 0.25) is 0 Å². The van der Waals surface area contributed by atoms with Gasteiger partial charge in [-0.3, -0.25) is 5.32 Å². The molecule has 0 aromatic heterocycles. The quantitative estimate of drug-likeness (QED) is 0.428. The Hall–Kier alpha value is -0.0600. The number of halogens is 2. The Morgan fingerprint density at radius 3 is 2.57 bits per heavy atom. The smallest absolute Gasteiger partial charge is 0.126 e. The normalized spacial score (nSPS) is 49.4. The Balaban J connectivity index is 0.000000961. The molecule has 2 saturated heterocycles. The number of hydrogen-bond donors (Lipinski definition) is 2. The van der Waals surface area contributed by atoms with E-state index in [9.17, 15) is 0 Å². The van der Waals surface area contributed by atoms with E-state index in [2.05, 4.69) is 43.6 Å². The number of nitrogens with one attached hydrogen (secondary N) is 2. The van der Waals surface area contributed by atoms with Crippen LogP contribution in [0.3, 0.4) is 0 Å². The molecule has 4 bridgehead atoms. The van der Waals surface area contributed by atoms with Crippen molar-refractivity contribution < 1.29 is 4.74 Å². The minimum absolute atomic E-state index is 0. The van der Waals surface area contributed by atoms with Crippen LogP contribution in [0.15, 0.2) is 23.3 Å². The van der Waals surface area contributed by atoms with Crippen LogP contribution in [0, 0.1) is 47.3 Å². The lowest BCUT2D eigenvalue weighted by molar-refractivity contribution is -0.0569. The number of allylic oxidation sites excluding steroid dienone is 3. The highest BCUT2D eigenvalue weighted by Crippen LogP contribution is 2.89. The van der Waals surface area contributed by atoms with Crippen LogP contribution >= 0.6 is 24.8 Å². The summed E-state index contributed by atoms with van der Waals surface area (Å²) in [6.45, 7) is 9.70. The van der Waals surface area contributed by atoms with E-state index in [0.717, 1.165) is 67.0 Å². The molecule has 10 atom stereocenters. The van der Waals surface area contributed by atoms with Crippen LogP contribution < -0.4 is 10.6 Å². The first-order chi connectivity index (χ1) is 12.6. The number of ether oxygens (including phenoxy) is 1. The molecule has 28 heavy (non-hydrogen) atoms. The van der Waals surface area contributed by atoms with Gasteiger partial charge in [0.05, 0.1) is 6.10 Å². The fourth-order valence-electron chi connectivity index (χ4n) is 8.68. The second-order valence-electron chi connectivity index (χ2n) is 10.3. The van der Waals surface area contributed by atoms with E-state index in [4.69, 9.17) is 4.74 Å². The van der Waals surface area contributed by atoms with Crippen molar-refractivity contribution in [3.63, 3.8) is 0 Å². The first kappa shape index (κ1) is 21.2. The maximum atomic E-state index is 6.71. The summed E-state index contributed by atoms with van der Waals surface area (Å²) in [5.74, 6) is 7.86. The first-order valence-electron chi connectivity index (χ1n) is 11.1. The average molecular weight is 427 g/mol. The molecule has 3 nitrogen and oxygen atoms in total. The molecule has 0 spiro atoms. The largest absolute Gasteiger partial charge is 0.356 e. The molecule has 0 radical (unpaired) electrons. The van der Waals surface area contributed by atoms with Gasteiger partial charge in [-0.25, -0.2) is 0 Å². The van der Waals surface area contributed by atoms with Gasteiger partial charge in [-0.2, -0.15) is 0 Å². The van der Waals surface area contributed by atoms with Gasteiger partial charge in [0, 0.05) is 31.5 Å². The molecule has 8 unspecified atom stereocenters. The average Bonchev–Trinajstić information content (AvgIpc) is 3.23. The van der Waals surface area contributed by atoms with Crippen molar-refractivity contribution in [2.45, 2.75) is 51.9 Å². The monoisotopic (exact) mass is 426 g/mol. The van der Waals surface area contributed by atoms with Crippen molar-refractivity contribution in [1.82, 2.24) is 10.6 Å². The minimum atomic E-state index is 0. The molecule has 0 aromatic carbocycles. The summed E-state index contributed by atoms with van der Waals surface area (Å²) in [4.78, 5) is 0. The van der Waals surface area contributed by atoms with Crippen LogP contribution in [-0.4, -0.2) is 31.5 Å². The van der Waals surface area contributed by atoms with Crippen molar-refractivity contribution in [2.24, 2.45) is 47.3 Å². The van der Waals surface area contributed by atoms with Crippen LogP contribution in [0.5, 0.6) is 0 Å². The predicted molar refractivity (Wildman–Crippen MR) is 118 cm³/mol. The second-order valence-corrected chi connectivity index (χ2v) is 10.3. The zero-order valence-corrected chi connectivity index (χ0v) is 19.0. The van der Waals surface area contributed by atoms with Crippen LogP contribution in [0.1, 0.15) is 40.0 Å². The van der Waals surface area contributed by atoms with E-state index in [1.165, 1.54) is 24.0 Å². The maximum Gasteiger partial charge on any atom is 0.126 e. The second kappa shape index (κ2) is 7.27. The number of hydrogen-bond acceptors (Lipinski definition) is 3. The van der Waals surface area contributed by atoms with Gasteiger partial charge >= 0.3 is 0 Å². The zero-order valence-electron chi connectivity index (χ0n) is 17.3. The molecule has 5 heteroatoms. The van der Waals surface area contributed by atoms with Crippen molar-refractivity contribution in [1.29, 1.82) is 0 Å². The molecule has 7 rings (SSSR count). The summed E-state index contributed by atoms with van der Waals surface area (Å²) in [7, 11) is 0. The highest BCUT2D eigenvalue weighted by Gasteiger charge is 2.92. The van der Waals surface area contributed by atoms with E-state index in [0.29, 0.717) is 6.10 Å². The molecule has 0 aromatic rings. The molecule has 2 heterocycles. The third-order valence-corrected chi connectivity index (χ3v) is 9.09. The SMILES string of the molecule is CC(C)=CCC/C(C)=C/CNCCN[C@]12O[C@H]3C4C5CC(C6C5C3C61)C42.Cl.Cl. The van der Waals surface area contributed by atoms with Crippen molar-refractivity contribution in [2.75, 3.05) is 19.6 Å². The van der Waals surface area contributed by atoms with Gasteiger partial charge in [0.15, 0.2) is 0 Å². The summed E-state index contributed by atoms with van der Waals surface area (Å²) >= 11 is 0. The highest BCUT2D eigenvalue weighted by atomic mass is 35.5. The Labute approximate surface area is 182 Å². The molecular weight excluding hydrogens is 391 g/mol. The molecule has 7 fully saturated rings. The summed E-state index contributed by atoms with van der Waals surface area (Å²) in [6.07, 6.45) is 9.24. The van der Waals surface area contributed by atoms with Crippen molar-refractivity contribution in [3.8, 4) is 0 Å². The molecule has 158 valence electrons.